The first-order valence-electron chi connectivity index (χ1n) is 12.9. The Kier molecular flexibility index (Phi) is 11.0. The van der Waals surface area contributed by atoms with Crippen LogP contribution in [0.4, 0.5) is 5.69 Å². The normalized spacial score (nSPS) is 12.2. The Morgan fingerprint density at radius 3 is 2.05 bits per heavy atom. The van der Waals surface area contributed by atoms with E-state index < -0.39 is 28.5 Å². The van der Waals surface area contributed by atoms with Crippen LogP contribution in [-0.2, 0) is 32.6 Å². The van der Waals surface area contributed by atoms with Crippen LogP contribution < -0.4 is 9.62 Å². The molecular weight excluding hydrogens is 569 g/mol. The lowest BCUT2D eigenvalue weighted by atomic mass is 10.0. The van der Waals surface area contributed by atoms with E-state index in [1.807, 2.05) is 51.1 Å². The Bertz CT molecular complexity index is 1390. The predicted octanol–water partition coefficient (Wildman–Crippen LogP) is 5.48. The van der Waals surface area contributed by atoms with Crippen LogP contribution in [-0.4, -0.2) is 50.5 Å². The van der Waals surface area contributed by atoms with E-state index in [1.54, 1.807) is 42.5 Å². The Morgan fingerprint density at radius 2 is 1.50 bits per heavy atom. The molecule has 3 aromatic carbocycles. The molecule has 40 heavy (non-hydrogen) atoms. The van der Waals surface area contributed by atoms with Crippen LogP contribution in [0.3, 0.4) is 0 Å². The van der Waals surface area contributed by atoms with Gasteiger partial charge in [-0.2, -0.15) is 0 Å². The number of aryl methyl sites for hydroxylation is 1. The van der Waals surface area contributed by atoms with Crippen molar-refractivity contribution in [2.75, 3.05) is 23.7 Å². The summed E-state index contributed by atoms with van der Waals surface area (Å²) in [5.41, 5.74) is 2.60. The molecule has 0 aromatic heterocycles. The van der Waals surface area contributed by atoms with Gasteiger partial charge in [-0.15, -0.1) is 0 Å². The van der Waals surface area contributed by atoms with Gasteiger partial charge in [-0.1, -0.05) is 91.1 Å². The van der Waals surface area contributed by atoms with Gasteiger partial charge in [0, 0.05) is 35.1 Å². The summed E-state index contributed by atoms with van der Waals surface area (Å²) < 4.78 is 26.7. The van der Waals surface area contributed by atoms with Gasteiger partial charge in [0.2, 0.25) is 21.8 Å². The van der Waals surface area contributed by atoms with Crippen molar-refractivity contribution < 1.29 is 18.0 Å². The number of hydrogen-bond acceptors (Lipinski definition) is 4. The molecule has 0 fully saturated rings. The molecule has 0 aliphatic carbocycles. The first-order valence-corrected chi connectivity index (χ1v) is 15.6. The van der Waals surface area contributed by atoms with Gasteiger partial charge in [-0.05, 0) is 42.7 Å². The maximum absolute atomic E-state index is 14.1. The second-order valence-corrected chi connectivity index (χ2v) is 12.9. The summed E-state index contributed by atoms with van der Waals surface area (Å²) in [7, 11) is -3.84. The number of benzene rings is 3. The highest BCUT2D eigenvalue weighted by Crippen LogP contribution is 2.28. The molecule has 0 saturated heterocycles. The highest BCUT2D eigenvalue weighted by atomic mass is 35.5. The van der Waals surface area contributed by atoms with E-state index >= 15 is 0 Å². The molecule has 10 heteroatoms. The molecule has 1 N–H and O–H groups in total. The van der Waals surface area contributed by atoms with Gasteiger partial charge < -0.3 is 10.2 Å². The van der Waals surface area contributed by atoms with E-state index in [0.29, 0.717) is 27.8 Å². The Balaban J connectivity index is 2.08. The average molecular weight is 605 g/mol. The first kappa shape index (κ1) is 31.5. The fourth-order valence-electron chi connectivity index (χ4n) is 4.15. The minimum absolute atomic E-state index is 0.0879. The van der Waals surface area contributed by atoms with Gasteiger partial charge >= 0.3 is 0 Å². The molecular formula is C30H35Cl2N3O4S. The number of hydrogen-bond donors (Lipinski definition) is 1. The van der Waals surface area contributed by atoms with Crippen molar-refractivity contribution in [1.82, 2.24) is 10.2 Å². The number of carbonyl (C=O) groups excluding carboxylic acids is 2. The van der Waals surface area contributed by atoms with Crippen LogP contribution in [0.1, 0.15) is 30.5 Å². The van der Waals surface area contributed by atoms with Crippen molar-refractivity contribution in [2.45, 2.75) is 39.8 Å². The molecule has 7 nitrogen and oxygen atoms in total. The summed E-state index contributed by atoms with van der Waals surface area (Å²) in [6.45, 7) is 5.66. The van der Waals surface area contributed by atoms with Crippen LogP contribution in [0, 0.1) is 12.8 Å². The lowest BCUT2D eigenvalue weighted by Gasteiger charge is -2.34. The summed E-state index contributed by atoms with van der Waals surface area (Å²) in [4.78, 5) is 29.1. The van der Waals surface area contributed by atoms with Crippen molar-refractivity contribution >= 4 is 50.7 Å². The minimum Gasteiger partial charge on any atom is -0.354 e. The zero-order chi connectivity index (χ0) is 29.4. The monoisotopic (exact) mass is 603 g/mol. The molecule has 3 aromatic rings. The van der Waals surface area contributed by atoms with E-state index in [0.717, 1.165) is 21.7 Å². The van der Waals surface area contributed by atoms with Crippen molar-refractivity contribution in [3.05, 3.63) is 99.5 Å². The third-order valence-corrected chi connectivity index (χ3v) is 8.20. The van der Waals surface area contributed by atoms with E-state index in [4.69, 9.17) is 23.2 Å². The van der Waals surface area contributed by atoms with E-state index in [9.17, 15) is 18.0 Å². The van der Waals surface area contributed by atoms with E-state index in [2.05, 4.69) is 5.32 Å². The SMILES string of the molecule is Cc1ccc(N(CC(=O)N(Cc2c(Cl)cccc2Cl)C(Cc2ccccc2)C(=O)NCC(C)C)S(C)(=O)=O)cc1. The number of rotatable bonds is 12. The number of anilines is 1. The molecule has 0 heterocycles. The fraction of sp³-hybridized carbons (Fsp3) is 0.333. The Hall–Kier alpha value is -3.07. The molecule has 0 radical (unpaired) electrons. The smallest absolute Gasteiger partial charge is 0.244 e. The number of carbonyl (C=O) groups is 2. The number of halogens is 2. The van der Waals surface area contributed by atoms with E-state index in [1.165, 1.54) is 4.90 Å². The number of nitrogens with one attached hydrogen (secondary N) is 1. The maximum atomic E-state index is 14.1. The maximum Gasteiger partial charge on any atom is 0.244 e. The molecule has 0 spiro atoms. The van der Waals surface area contributed by atoms with Crippen molar-refractivity contribution in [1.29, 1.82) is 0 Å². The zero-order valence-electron chi connectivity index (χ0n) is 23.1. The largest absolute Gasteiger partial charge is 0.354 e. The van der Waals surface area contributed by atoms with Gasteiger partial charge in [0.25, 0.3) is 0 Å². The van der Waals surface area contributed by atoms with Gasteiger partial charge in [0.15, 0.2) is 0 Å². The second kappa shape index (κ2) is 14.0. The standard InChI is InChI=1S/C30H35Cl2N3O4S/c1-21(2)18-33-30(37)28(17-23-9-6-5-7-10-23)34(19-25-26(31)11-8-12-27(25)32)29(36)20-35(40(4,38)39)24-15-13-22(3)14-16-24/h5-16,21,28H,17-20H2,1-4H3,(H,33,37). The van der Waals surface area contributed by atoms with Gasteiger partial charge in [0.1, 0.15) is 12.6 Å². The van der Waals surface area contributed by atoms with Crippen LogP contribution >= 0.6 is 23.2 Å². The van der Waals surface area contributed by atoms with Crippen LogP contribution in [0.15, 0.2) is 72.8 Å². The summed E-state index contributed by atoms with van der Waals surface area (Å²) in [5, 5.41) is 3.62. The molecule has 0 saturated carbocycles. The zero-order valence-corrected chi connectivity index (χ0v) is 25.4. The number of nitrogens with zero attached hydrogens (tertiary/aromatic N) is 2. The quantitative estimate of drug-likeness (QED) is 0.297. The summed E-state index contributed by atoms with van der Waals surface area (Å²) in [6.07, 6.45) is 1.26. The molecule has 3 rings (SSSR count). The van der Waals surface area contributed by atoms with Gasteiger partial charge in [-0.25, -0.2) is 8.42 Å². The molecule has 1 unspecified atom stereocenters. The molecule has 2 amide bonds. The fourth-order valence-corrected chi connectivity index (χ4v) is 5.52. The van der Waals surface area contributed by atoms with E-state index in [-0.39, 0.29) is 24.8 Å². The molecule has 0 aliphatic heterocycles. The van der Waals surface area contributed by atoms with Crippen LogP contribution in [0.2, 0.25) is 10.0 Å². The average Bonchev–Trinajstić information content (AvgIpc) is 2.89. The molecule has 214 valence electrons. The highest BCUT2D eigenvalue weighted by molar-refractivity contribution is 7.92. The third kappa shape index (κ3) is 8.71. The van der Waals surface area contributed by atoms with Crippen molar-refractivity contribution in [3.63, 3.8) is 0 Å². The lowest BCUT2D eigenvalue weighted by Crippen LogP contribution is -2.53. The van der Waals surface area contributed by atoms with Crippen molar-refractivity contribution in [2.24, 2.45) is 5.92 Å². The predicted molar refractivity (Wildman–Crippen MR) is 162 cm³/mol. The van der Waals surface area contributed by atoms with Gasteiger partial charge in [-0.3, -0.25) is 13.9 Å². The molecule has 1 atom stereocenters. The second-order valence-electron chi connectivity index (χ2n) is 10.2. The Labute approximate surface area is 247 Å². The number of sulfonamides is 1. The lowest BCUT2D eigenvalue weighted by molar-refractivity contribution is -0.140. The van der Waals surface area contributed by atoms with Gasteiger partial charge in [0.05, 0.1) is 11.9 Å². The summed E-state index contributed by atoms with van der Waals surface area (Å²) >= 11 is 13.0. The summed E-state index contributed by atoms with van der Waals surface area (Å²) in [5.74, 6) is -0.733. The third-order valence-electron chi connectivity index (χ3n) is 6.35. The highest BCUT2D eigenvalue weighted by Gasteiger charge is 2.33. The van der Waals surface area contributed by atoms with Crippen molar-refractivity contribution in [3.8, 4) is 0 Å². The minimum atomic E-state index is -3.84. The molecule has 0 bridgehead atoms. The topological polar surface area (TPSA) is 86.8 Å². The molecule has 0 aliphatic rings. The Morgan fingerprint density at radius 1 is 0.900 bits per heavy atom. The summed E-state index contributed by atoms with van der Waals surface area (Å²) in [6, 6.07) is 20.2. The first-order chi connectivity index (χ1) is 18.9. The van der Waals surface area contributed by atoms with Crippen LogP contribution in [0.5, 0.6) is 0 Å². The number of amides is 2. The van der Waals surface area contributed by atoms with Crippen LogP contribution in [0.25, 0.3) is 0 Å².